The number of aryl methyl sites for hydroxylation is 1. The van der Waals surface area contributed by atoms with Gasteiger partial charge in [-0.15, -0.1) is 0 Å². The van der Waals surface area contributed by atoms with Crippen LogP contribution in [0.3, 0.4) is 0 Å². The summed E-state index contributed by atoms with van der Waals surface area (Å²) in [4.78, 5) is 19.7. The first-order valence-corrected chi connectivity index (χ1v) is 10.9. The molecular weight excluding hydrogens is 427 g/mol. The Hall–Kier alpha value is -3.14. The normalized spacial score (nSPS) is 15.0. The Morgan fingerprint density at radius 2 is 1.62 bits per heavy atom. The number of methoxy groups -OCH3 is 1. The van der Waals surface area contributed by atoms with Crippen LogP contribution in [-0.2, 0) is 4.79 Å². The Morgan fingerprint density at radius 1 is 0.931 bits per heavy atom. The van der Waals surface area contributed by atoms with Crippen molar-refractivity contribution < 1.29 is 9.53 Å². The van der Waals surface area contributed by atoms with Gasteiger partial charge in [-0.25, -0.2) is 0 Å². The van der Waals surface area contributed by atoms with E-state index < -0.39 is 0 Å². The van der Waals surface area contributed by atoms with Gasteiger partial charge in [0.15, 0.2) is 0 Å². The van der Waals surface area contributed by atoms with Crippen LogP contribution in [0.25, 0.3) is 6.08 Å². The van der Waals surface area contributed by atoms with Gasteiger partial charge in [0.25, 0.3) is 0 Å². The van der Waals surface area contributed by atoms with Crippen LogP contribution in [0, 0.1) is 6.92 Å². The van der Waals surface area contributed by atoms with Crippen molar-refractivity contribution in [3.05, 3.63) is 95.7 Å². The molecule has 5 heteroatoms. The van der Waals surface area contributed by atoms with Crippen LogP contribution in [0.5, 0.6) is 5.75 Å². The number of carbonyl (C=O) groups is 1. The van der Waals surface area contributed by atoms with Crippen molar-refractivity contribution in [3.63, 3.8) is 0 Å². The fourth-order valence-electron chi connectivity index (χ4n) is 2.94. The number of hydrogen-bond acceptors (Lipinski definition) is 3. The molecule has 0 atom stereocenters. The maximum atomic E-state index is 13.2. The van der Waals surface area contributed by atoms with Gasteiger partial charge < -0.3 is 0 Å². The quantitative estimate of drug-likeness (QED) is 0.442. The number of amidine groups is 1. The summed E-state index contributed by atoms with van der Waals surface area (Å²) in [5, 5.41) is 0. The summed E-state index contributed by atoms with van der Waals surface area (Å²) in [5.74, 6) is 0.644. The third-order valence-electron chi connectivity index (χ3n) is 4.49. The van der Waals surface area contributed by atoms with Crippen LogP contribution in [0.1, 0.15) is 11.1 Å². The minimum absolute atomic E-state index is 0.102. The fraction of sp³-hybridized carbons (Fsp3) is 0.0833. The van der Waals surface area contributed by atoms with E-state index in [0.29, 0.717) is 5.70 Å². The van der Waals surface area contributed by atoms with Crippen LogP contribution in [-0.4, -0.2) is 32.7 Å². The topological polar surface area (TPSA) is 41.9 Å². The van der Waals surface area contributed by atoms with E-state index in [1.807, 2.05) is 60.7 Å². The van der Waals surface area contributed by atoms with Gasteiger partial charge >= 0.3 is 177 Å². The molecule has 3 aromatic carbocycles. The molecule has 0 fully saturated rings. The molecule has 1 amide bonds. The summed E-state index contributed by atoms with van der Waals surface area (Å²) in [6.45, 7) is 2.07. The Bertz CT molecular complexity index is 1070. The van der Waals surface area contributed by atoms with Gasteiger partial charge in [0.1, 0.15) is 0 Å². The summed E-state index contributed by atoms with van der Waals surface area (Å²) < 4.78 is 7.20. The molecular formula is C24H20N2O2Se. The van der Waals surface area contributed by atoms with E-state index in [1.54, 1.807) is 12.0 Å². The van der Waals surface area contributed by atoms with Crippen LogP contribution < -0.4 is 14.1 Å². The van der Waals surface area contributed by atoms with Gasteiger partial charge in [0.05, 0.1) is 0 Å². The second kappa shape index (κ2) is 8.48. The van der Waals surface area contributed by atoms with Crippen LogP contribution in [0.15, 0.2) is 89.6 Å². The number of carbonyl (C=O) groups excluding carboxylic acids is 1. The predicted molar refractivity (Wildman–Crippen MR) is 119 cm³/mol. The number of aliphatic imine (C=N–C) groups is 1. The molecule has 0 saturated carbocycles. The summed E-state index contributed by atoms with van der Waals surface area (Å²) in [5.41, 5.74) is 3.42. The van der Waals surface area contributed by atoms with Crippen molar-refractivity contribution in [2.75, 3.05) is 12.0 Å². The Kier molecular flexibility index (Phi) is 5.61. The Balaban J connectivity index is 1.72. The van der Waals surface area contributed by atoms with Crippen LogP contribution >= 0.6 is 0 Å². The second-order valence-corrected chi connectivity index (χ2v) is 8.77. The molecule has 0 radical (unpaired) electrons. The Morgan fingerprint density at radius 3 is 2.28 bits per heavy atom. The van der Waals surface area contributed by atoms with E-state index >= 15 is 0 Å². The third kappa shape index (κ3) is 4.32. The van der Waals surface area contributed by atoms with Crippen molar-refractivity contribution in [2.24, 2.45) is 4.99 Å². The van der Waals surface area contributed by atoms with Crippen molar-refractivity contribution >= 4 is 41.8 Å². The zero-order valence-electron chi connectivity index (χ0n) is 16.2. The second-order valence-electron chi connectivity index (χ2n) is 6.59. The van der Waals surface area contributed by atoms with Gasteiger partial charge in [-0.05, 0) is 0 Å². The van der Waals surface area contributed by atoms with E-state index in [0.717, 1.165) is 21.7 Å². The Labute approximate surface area is 176 Å². The predicted octanol–water partition coefficient (Wildman–Crippen LogP) is 3.78. The van der Waals surface area contributed by atoms with Gasteiger partial charge in [-0.2, -0.15) is 0 Å². The molecule has 0 saturated heterocycles. The average Bonchev–Trinajstić information content (AvgIpc) is 3.05. The molecule has 4 rings (SSSR count). The van der Waals surface area contributed by atoms with Crippen LogP contribution in [0.2, 0.25) is 0 Å². The molecule has 0 unspecified atom stereocenters. The molecule has 0 bridgehead atoms. The van der Waals surface area contributed by atoms with Crippen LogP contribution in [0.4, 0.5) is 5.69 Å². The van der Waals surface area contributed by atoms with Gasteiger partial charge in [-0.1, -0.05) is 0 Å². The molecule has 1 aliphatic rings. The van der Waals surface area contributed by atoms with Gasteiger partial charge in [-0.3, -0.25) is 0 Å². The van der Waals surface area contributed by atoms with Gasteiger partial charge in [0.2, 0.25) is 0 Å². The van der Waals surface area contributed by atoms with E-state index in [1.165, 1.54) is 10.0 Å². The molecule has 1 heterocycles. The summed E-state index contributed by atoms with van der Waals surface area (Å²) in [6.07, 6.45) is 1.84. The average molecular weight is 447 g/mol. The molecule has 1 aliphatic heterocycles. The molecule has 144 valence electrons. The zero-order valence-corrected chi connectivity index (χ0v) is 17.9. The number of benzene rings is 3. The molecule has 3 aromatic rings. The molecule has 0 aromatic heterocycles. The van der Waals surface area contributed by atoms with E-state index in [2.05, 4.69) is 31.2 Å². The first-order chi connectivity index (χ1) is 14.1. The fourth-order valence-corrected chi connectivity index (χ4v) is 4.84. The number of hydrogen-bond donors (Lipinski definition) is 0. The van der Waals surface area contributed by atoms with E-state index in [4.69, 9.17) is 9.73 Å². The van der Waals surface area contributed by atoms with Crippen molar-refractivity contribution in [2.45, 2.75) is 6.92 Å². The van der Waals surface area contributed by atoms with Gasteiger partial charge in [0, 0.05) is 0 Å². The summed E-state index contributed by atoms with van der Waals surface area (Å²) in [6, 6.07) is 25.7. The van der Waals surface area contributed by atoms with E-state index in [9.17, 15) is 4.79 Å². The number of amides is 1. The number of anilines is 1. The molecule has 29 heavy (non-hydrogen) atoms. The SMILES string of the molecule is COc1ccc(N2C(=O)/C(=C/c3ccccc3)N=C2[Se]c2ccc(C)cc2)cc1. The summed E-state index contributed by atoms with van der Waals surface area (Å²) >= 11 is -0.102. The van der Waals surface area contributed by atoms with Crippen molar-refractivity contribution in [1.29, 1.82) is 0 Å². The summed E-state index contributed by atoms with van der Waals surface area (Å²) in [7, 11) is 1.63. The van der Waals surface area contributed by atoms with E-state index in [-0.39, 0.29) is 20.9 Å². The third-order valence-corrected chi connectivity index (χ3v) is 6.52. The monoisotopic (exact) mass is 448 g/mol. The minimum atomic E-state index is -0.108. The standard InChI is InChI=1S/C24H20N2O2Se/c1-17-8-14-21(15-9-17)29-24-25-22(16-18-6-4-3-5-7-18)23(27)26(24)19-10-12-20(28-2)13-11-19/h3-16H,1-2H3/b22-16-. The first kappa shape index (κ1) is 19.2. The van der Waals surface area contributed by atoms with Crippen molar-refractivity contribution in [3.8, 4) is 5.75 Å². The number of nitrogens with zero attached hydrogens (tertiary/aromatic N) is 2. The molecule has 0 aliphatic carbocycles. The molecule has 4 nitrogen and oxygen atoms in total. The van der Waals surface area contributed by atoms with Crippen molar-refractivity contribution in [1.82, 2.24) is 0 Å². The maximum absolute atomic E-state index is 13.2. The molecule has 0 spiro atoms. The molecule has 0 N–H and O–H groups in total. The first-order valence-electron chi connectivity index (χ1n) is 9.22. The number of rotatable bonds is 5. The zero-order chi connectivity index (χ0) is 20.2. The number of ether oxygens (including phenoxy) is 1.